The van der Waals surface area contributed by atoms with Crippen LogP contribution in [-0.4, -0.2) is 19.1 Å². The van der Waals surface area contributed by atoms with Gasteiger partial charge in [0.1, 0.15) is 0 Å². The van der Waals surface area contributed by atoms with Crippen LogP contribution in [0.3, 0.4) is 0 Å². The molecule has 0 fully saturated rings. The van der Waals surface area contributed by atoms with Crippen LogP contribution < -0.4 is 4.65 Å². The number of nitrogens with zero attached hydrogens (tertiary/aromatic N) is 2. The Balaban J connectivity index is 3.10. The second kappa shape index (κ2) is 3.36. The summed E-state index contributed by atoms with van der Waals surface area (Å²) in [5.41, 5.74) is 0.997. The van der Waals surface area contributed by atoms with Crippen LogP contribution in [0, 0.1) is 12.1 Å². The average Bonchev–Trinajstić information content (AvgIpc) is 2.29. The van der Waals surface area contributed by atoms with Crippen LogP contribution in [0.5, 0.6) is 0 Å². The van der Waals surface area contributed by atoms with Crippen molar-refractivity contribution < 1.29 is 0 Å². The van der Waals surface area contributed by atoms with E-state index in [1.807, 2.05) is 6.92 Å². The van der Waals surface area contributed by atoms with Crippen molar-refractivity contribution >= 4 is 16.5 Å². The van der Waals surface area contributed by atoms with E-state index in [4.69, 9.17) is 0 Å². The normalized spacial score (nSPS) is 12.5. The Morgan fingerprint density at radius 3 is 2.15 bits per heavy atom. The van der Waals surface area contributed by atoms with E-state index in [0.29, 0.717) is 11.0 Å². The topological polar surface area (TPSA) is 36.0 Å². The maximum Gasteiger partial charge on any atom is 0.286 e. The summed E-state index contributed by atoms with van der Waals surface area (Å²) in [7, 11) is 3.20. The van der Waals surface area contributed by atoms with Gasteiger partial charge in [0, 0.05) is 4.88 Å². The number of thiazole rings is 1. The van der Waals surface area contributed by atoms with Gasteiger partial charge in [-0.25, -0.2) is 0 Å². The van der Waals surface area contributed by atoms with Gasteiger partial charge in [-0.15, -0.1) is 0 Å². The predicted molar refractivity (Wildman–Crippen MR) is 57.9 cm³/mol. The Hall–Kier alpha value is -0.450. The molecule has 0 aliphatic heterocycles. The van der Waals surface area contributed by atoms with Crippen LogP contribution in [0.15, 0.2) is 0 Å². The first-order chi connectivity index (χ1) is 5.82. The number of aromatic nitrogens is 1. The Labute approximate surface area is 83.2 Å². The summed E-state index contributed by atoms with van der Waals surface area (Å²) in [5, 5.41) is 12.2. The first-order valence-corrected chi connectivity index (χ1v) is 5.17. The molecule has 4 heteroatoms. The number of aryl methyl sites for hydroxylation is 1. The highest BCUT2D eigenvalue weighted by Gasteiger charge is 2.18. The second-order valence-corrected chi connectivity index (χ2v) is 4.96. The summed E-state index contributed by atoms with van der Waals surface area (Å²) in [4.78, 5) is 5.50. The molecule has 3 nitrogen and oxygen atoms in total. The van der Waals surface area contributed by atoms with Gasteiger partial charge in [-0.3, -0.25) is 0 Å². The highest BCUT2D eigenvalue weighted by Crippen LogP contribution is 2.32. The molecule has 0 aromatic carbocycles. The number of hydrogen-bond donors (Lipinski definition) is 0. The van der Waals surface area contributed by atoms with E-state index in [-0.39, 0.29) is 0 Å². The average molecular weight is 200 g/mol. The standard InChI is InChI=1S/C9H16N2OS/c1-6(2)8-7(3)10-9(13-8)11(4,5)12/h6H,1-5H3. The van der Waals surface area contributed by atoms with Gasteiger partial charge in [0.05, 0.1) is 19.8 Å². The predicted octanol–water partition coefficient (Wildman–Crippen LogP) is 2.64. The molecule has 1 aromatic rings. The summed E-state index contributed by atoms with van der Waals surface area (Å²) >= 11 is 1.52. The first kappa shape index (κ1) is 10.6. The molecule has 0 atom stereocenters. The zero-order valence-electron chi connectivity index (χ0n) is 8.79. The minimum atomic E-state index is -0.432. The van der Waals surface area contributed by atoms with Gasteiger partial charge in [-0.1, -0.05) is 25.2 Å². The van der Waals surface area contributed by atoms with Crippen LogP contribution in [0.4, 0.5) is 5.13 Å². The molecular formula is C9H16N2OS. The zero-order chi connectivity index (χ0) is 10.2. The van der Waals surface area contributed by atoms with Crippen molar-refractivity contribution in [2.75, 3.05) is 14.1 Å². The summed E-state index contributed by atoms with van der Waals surface area (Å²) in [6.07, 6.45) is 0. The van der Waals surface area contributed by atoms with Crippen molar-refractivity contribution in [1.82, 2.24) is 9.63 Å². The molecule has 0 spiro atoms. The molecule has 0 radical (unpaired) electrons. The van der Waals surface area contributed by atoms with Crippen LogP contribution >= 0.6 is 11.3 Å². The highest BCUT2D eigenvalue weighted by atomic mass is 32.1. The third kappa shape index (κ3) is 2.27. The van der Waals surface area contributed by atoms with Gasteiger partial charge < -0.3 is 9.85 Å². The smallest absolute Gasteiger partial charge is 0.286 e. The van der Waals surface area contributed by atoms with Crippen LogP contribution in [-0.2, 0) is 0 Å². The van der Waals surface area contributed by atoms with Crippen molar-refractivity contribution in [3.05, 3.63) is 15.8 Å². The van der Waals surface area contributed by atoms with Crippen molar-refractivity contribution in [1.29, 1.82) is 0 Å². The molecule has 0 N–H and O–H groups in total. The van der Waals surface area contributed by atoms with E-state index in [2.05, 4.69) is 18.8 Å². The van der Waals surface area contributed by atoms with Crippen LogP contribution in [0.2, 0.25) is 0 Å². The van der Waals surface area contributed by atoms with Gasteiger partial charge in [0.25, 0.3) is 5.13 Å². The van der Waals surface area contributed by atoms with Gasteiger partial charge in [-0.2, -0.15) is 4.98 Å². The molecule has 74 valence electrons. The SMILES string of the molecule is Cc1nc([N+](C)(C)[O-])sc1C(C)C. The van der Waals surface area contributed by atoms with E-state index in [0.717, 1.165) is 5.69 Å². The molecule has 0 unspecified atom stereocenters. The van der Waals surface area contributed by atoms with E-state index in [1.165, 1.54) is 16.2 Å². The fourth-order valence-electron chi connectivity index (χ4n) is 1.16. The lowest BCUT2D eigenvalue weighted by molar-refractivity contribution is 0.539. The molecule has 1 aromatic heterocycles. The van der Waals surface area contributed by atoms with Gasteiger partial charge in [-0.05, 0) is 12.8 Å². The molecule has 0 aliphatic rings. The lowest BCUT2D eigenvalue weighted by atomic mass is 10.1. The maximum absolute atomic E-state index is 11.6. The Morgan fingerprint density at radius 1 is 1.38 bits per heavy atom. The zero-order valence-corrected chi connectivity index (χ0v) is 9.60. The van der Waals surface area contributed by atoms with Gasteiger partial charge in [0.2, 0.25) is 0 Å². The second-order valence-electron chi connectivity index (χ2n) is 3.95. The highest BCUT2D eigenvalue weighted by molar-refractivity contribution is 7.15. The van der Waals surface area contributed by atoms with E-state index in [9.17, 15) is 5.21 Å². The summed E-state index contributed by atoms with van der Waals surface area (Å²) < 4.78 is -0.432. The van der Waals surface area contributed by atoms with Crippen molar-refractivity contribution in [2.45, 2.75) is 26.7 Å². The minimum absolute atomic E-state index is 0.432. The summed E-state index contributed by atoms with van der Waals surface area (Å²) in [5.74, 6) is 0.456. The maximum atomic E-state index is 11.6. The summed E-state index contributed by atoms with van der Waals surface area (Å²) in [6.45, 7) is 6.20. The third-order valence-corrected chi connectivity index (χ3v) is 3.51. The van der Waals surface area contributed by atoms with Crippen LogP contribution in [0.1, 0.15) is 30.3 Å². The molecule has 13 heavy (non-hydrogen) atoms. The minimum Gasteiger partial charge on any atom is -0.626 e. The van der Waals surface area contributed by atoms with E-state index >= 15 is 0 Å². The van der Waals surface area contributed by atoms with E-state index in [1.54, 1.807) is 14.1 Å². The largest absolute Gasteiger partial charge is 0.626 e. The lowest BCUT2D eigenvalue weighted by Gasteiger charge is -2.29. The molecule has 0 aliphatic carbocycles. The molecule has 0 saturated carbocycles. The molecule has 0 saturated heterocycles. The molecule has 1 rings (SSSR count). The monoisotopic (exact) mass is 200 g/mol. The quantitative estimate of drug-likeness (QED) is 0.543. The van der Waals surface area contributed by atoms with Crippen molar-refractivity contribution in [3.63, 3.8) is 0 Å². The number of hydrogen-bond acceptors (Lipinski definition) is 3. The molecular weight excluding hydrogens is 184 g/mol. The molecule has 1 heterocycles. The van der Waals surface area contributed by atoms with Gasteiger partial charge >= 0.3 is 0 Å². The fourth-order valence-corrected chi connectivity index (χ4v) is 2.19. The third-order valence-electron chi connectivity index (χ3n) is 1.81. The molecule has 0 amide bonds. The van der Waals surface area contributed by atoms with E-state index < -0.39 is 4.65 Å². The van der Waals surface area contributed by atoms with Gasteiger partial charge in [0.15, 0.2) is 0 Å². The Morgan fingerprint density at radius 2 is 1.92 bits per heavy atom. The first-order valence-electron chi connectivity index (χ1n) is 4.35. The fraction of sp³-hybridized carbons (Fsp3) is 0.667. The number of hydroxylamine groups is 2. The summed E-state index contributed by atoms with van der Waals surface area (Å²) in [6, 6.07) is 0. The Kier molecular flexibility index (Phi) is 2.75. The van der Waals surface area contributed by atoms with Crippen molar-refractivity contribution in [3.8, 4) is 0 Å². The molecule has 0 bridgehead atoms. The van der Waals surface area contributed by atoms with Crippen molar-refractivity contribution in [2.24, 2.45) is 0 Å². The number of quaternary nitrogens is 1. The number of rotatable bonds is 2. The Bertz CT molecular complexity index is 299. The lowest BCUT2D eigenvalue weighted by Crippen LogP contribution is -2.32. The van der Waals surface area contributed by atoms with Crippen LogP contribution in [0.25, 0.3) is 0 Å².